The highest BCUT2D eigenvalue weighted by Gasteiger charge is 2.32. The molecule has 0 aliphatic carbocycles. The van der Waals surface area contributed by atoms with Gasteiger partial charge in [-0.25, -0.2) is 0 Å². The Morgan fingerprint density at radius 1 is 1.47 bits per heavy atom. The number of aliphatic hydroxyl groups is 1. The first-order valence-corrected chi connectivity index (χ1v) is 6.77. The summed E-state index contributed by atoms with van der Waals surface area (Å²) in [5, 5.41) is 9.32. The second-order valence-electron chi connectivity index (χ2n) is 5.29. The molecule has 4 unspecified atom stereocenters. The zero-order chi connectivity index (χ0) is 13.8. The summed E-state index contributed by atoms with van der Waals surface area (Å²) in [6, 6.07) is 4.14. The van der Waals surface area contributed by atoms with E-state index in [0.717, 1.165) is 12.1 Å². The molecule has 5 nitrogen and oxygen atoms in total. The third kappa shape index (κ3) is 3.51. The third-order valence-corrected chi connectivity index (χ3v) is 3.50. The van der Waals surface area contributed by atoms with Crippen LogP contribution in [0, 0.1) is 0 Å². The molecular formula is C14H23N3O2. The molecule has 0 saturated carbocycles. The summed E-state index contributed by atoms with van der Waals surface area (Å²) in [6.07, 6.45) is 3.55. The second-order valence-corrected chi connectivity index (χ2v) is 5.29. The minimum Gasteiger partial charge on any atom is -0.394 e. The van der Waals surface area contributed by atoms with E-state index < -0.39 is 0 Å². The maximum atomic E-state index is 9.32. The molecule has 19 heavy (non-hydrogen) atoms. The van der Waals surface area contributed by atoms with Crippen LogP contribution in [0.3, 0.4) is 0 Å². The summed E-state index contributed by atoms with van der Waals surface area (Å²) in [5.74, 6) is 0. The molecule has 1 aromatic rings. The molecule has 3 N–H and O–H groups in total. The average Bonchev–Trinajstić information content (AvgIpc) is 2.39. The Bertz CT molecular complexity index is 386. The number of rotatable bonds is 4. The van der Waals surface area contributed by atoms with Crippen molar-refractivity contribution in [3.05, 3.63) is 30.1 Å². The van der Waals surface area contributed by atoms with E-state index >= 15 is 0 Å². The van der Waals surface area contributed by atoms with Gasteiger partial charge in [-0.05, 0) is 31.5 Å². The molecule has 106 valence electrons. The largest absolute Gasteiger partial charge is 0.394 e. The summed E-state index contributed by atoms with van der Waals surface area (Å²) < 4.78 is 5.69. The predicted octanol–water partition coefficient (Wildman–Crippen LogP) is 0.552. The number of nitrogens with zero attached hydrogens (tertiary/aromatic N) is 2. The van der Waals surface area contributed by atoms with Crippen LogP contribution >= 0.6 is 0 Å². The van der Waals surface area contributed by atoms with Gasteiger partial charge in [-0.15, -0.1) is 0 Å². The van der Waals surface area contributed by atoms with Crippen LogP contribution in [0.25, 0.3) is 0 Å². The van der Waals surface area contributed by atoms with Gasteiger partial charge in [-0.1, -0.05) is 0 Å². The van der Waals surface area contributed by atoms with E-state index in [4.69, 9.17) is 10.5 Å². The first-order valence-electron chi connectivity index (χ1n) is 6.77. The van der Waals surface area contributed by atoms with Gasteiger partial charge in [-0.2, -0.15) is 0 Å². The number of hydrogen-bond acceptors (Lipinski definition) is 5. The van der Waals surface area contributed by atoms with Gasteiger partial charge in [0.05, 0.1) is 18.8 Å². The molecule has 4 atom stereocenters. The van der Waals surface area contributed by atoms with Crippen LogP contribution in [0.1, 0.15) is 25.5 Å². The van der Waals surface area contributed by atoms with E-state index in [2.05, 4.69) is 9.88 Å². The fraction of sp³-hybridized carbons (Fsp3) is 0.643. The van der Waals surface area contributed by atoms with Gasteiger partial charge in [0.2, 0.25) is 0 Å². The van der Waals surface area contributed by atoms with E-state index in [-0.39, 0.29) is 30.9 Å². The van der Waals surface area contributed by atoms with Crippen molar-refractivity contribution in [2.24, 2.45) is 5.73 Å². The van der Waals surface area contributed by atoms with Gasteiger partial charge < -0.3 is 15.6 Å². The lowest BCUT2D eigenvalue weighted by atomic mass is 9.98. The van der Waals surface area contributed by atoms with Crippen molar-refractivity contribution in [1.82, 2.24) is 9.88 Å². The third-order valence-electron chi connectivity index (χ3n) is 3.50. The Morgan fingerprint density at radius 3 is 2.74 bits per heavy atom. The van der Waals surface area contributed by atoms with Crippen LogP contribution in [0.4, 0.5) is 0 Å². The molecule has 1 fully saturated rings. The van der Waals surface area contributed by atoms with Gasteiger partial charge in [0.1, 0.15) is 0 Å². The normalized spacial score (nSPS) is 28.0. The number of hydrogen-bond donors (Lipinski definition) is 2. The topological polar surface area (TPSA) is 71.6 Å². The first-order chi connectivity index (χ1) is 9.11. The van der Waals surface area contributed by atoms with E-state index in [9.17, 15) is 5.11 Å². The zero-order valence-corrected chi connectivity index (χ0v) is 11.6. The standard InChI is InChI=1S/C14H23N3O2/c1-10-7-17(8-13(9-18)19-10)14(11(2)15)12-3-5-16-6-4-12/h3-6,10-11,13-14,18H,7-9,15H2,1-2H3. The Balaban J connectivity index is 2.19. The minimum atomic E-state index is -0.133. The Hall–Kier alpha value is -1.01. The highest BCUT2D eigenvalue weighted by molar-refractivity contribution is 5.17. The smallest absolute Gasteiger partial charge is 0.0936 e. The summed E-state index contributed by atoms with van der Waals surface area (Å²) in [7, 11) is 0. The molecule has 0 bridgehead atoms. The lowest BCUT2D eigenvalue weighted by molar-refractivity contribution is -0.107. The highest BCUT2D eigenvalue weighted by atomic mass is 16.5. The number of nitrogens with two attached hydrogens (primary N) is 1. The van der Waals surface area contributed by atoms with Gasteiger partial charge >= 0.3 is 0 Å². The predicted molar refractivity (Wildman–Crippen MR) is 73.6 cm³/mol. The van der Waals surface area contributed by atoms with E-state index in [1.807, 2.05) is 26.0 Å². The van der Waals surface area contributed by atoms with Crippen molar-refractivity contribution in [3.8, 4) is 0 Å². The molecule has 2 heterocycles. The molecule has 0 aromatic carbocycles. The molecule has 5 heteroatoms. The maximum absolute atomic E-state index is 9.32. The maximum Gasteiger partial charge on any atom is 0.0936 e. The lowest BCUT2D eigenvalue weighted by Gasteiger charge is -2.42. The fourth-order valence-electron chi connectivity index (χ4n) is 2.82. The van der Waals surface area contributed by atoms with Crippen LogP contribution in [-0.2, 0) is 4.74 Å². The molecular weight excluding hydrogens is 242 g/mol. The molecule has 1 aromatic heterocycles. The number of aliphatic hydroxyl groups excluding tert-OH is 1. The number of morpholine rings is 1. The SMILES string of the molecule is CC1CN(C(c2ccncc2)C(C)N)CC(CO)O1. The lowest BCUT2D eigenvalue weighted by Crippen LogP contribution is -2.52. The van der Waals surface area contributed by atoms with Crippen LogP contribution < -0.4 is 5.73 Å². The van der Waals surface area contributed by atoms with Crippen LogP contribution in [0.2, 0.25) is 0 Å². The number of aromatic nitrogens is 1. The van der Waals surface area contributed by atoms with Gasteiger partial charge in [0, 0.05) is 37.6 Å². The van der Waals surface area contributed by atoms with Crippen molar-refractivity contribution in [2.45, 2.75) is 38.1 Å². The molecule has 1 saturated heterocycles. The van der Waals surface area contributed by atoms with Crippen molar-refractivity contribution >= 4 is 0 Å². The zero-order valence-electron chi connectivity index (χ0n) is 11.6. The molecule has 0 radical (unpaired) electrons. The molecule has 1 aliphatic heterocycles. The number of ether oxygens (including phenoxy) is 1. The van der Waals surface area contributed by atoms with Crippen LogP contribution in [0.5, 0.6) is 0 Å². The van der Waals surface area contributed by atoms with E-state index in [0.29, 0.717) is 6.54 Å². The summed E-state index contributed by atoms with van der Waals surface area (Å²) in [4.78, 5) is 6.35. The molecule has 0 amide bonds. The monoisotopic (exact) mass is 265 g/mol. The van der Waals surface area contributed by atoms with Gasteiger partial charge in [0.15, 0.2) is 0 Å². The van der Waals surface area contributed by atoms with Crippen molar-refractivity contribution in [1.29, 1.82) is 0 Å². The van der Waals surface area contributed by atoms with Crippen molar-refractivity contribution in [3.63, 3.8) is 0 Å². The molecule has 1 aliphatic rings. The Labute approximate surface area is 114 Å². The van der Waals surface area contributed by atoms with Gasteiger partial charge in [-0.3, -0.25) is 9.88 Å². The van der Waals surface area contributed by atoms with E-state index in [1.54, 1.807) is 12.4 Å². The van der Waals surface area contributed by atoms with Crippen LogP contribution in [0.15, 0.2) is 24.5 Å². The molecule has 0 spiro atoms. The number of pyridine rings is 1. The summed E-state index contributed by atoms with van der Waals surface area (Å²) in [6.45, 7) is 5.61. The fourth-order valence-corrected chi connectivity index (χ4v) is 2.82. The first kappa shape index (κ1) is 14.4. The second kappa shape index (κ2) is 6.43. The Kier molecular flexibility index (Phi) is 4.87. The van der Waals surface area contributed by atoms with Gasteiger partial charge in [0.25, 0.3) is 0 Å². The van der Waals surface area contributed by atoms with Crippen LogP contribution in [-0.4, -0.2) is 52.9 Å². The van der Waals surface area contributed by atoms with Crippen molar-refractivity contribution < 1.29 is 9.84 Å². The summed E-state index contributed by atoms with van der Waals surface area (Å²) in [5.41, 5.74) is 7.33. The molecule has 2 rings (SSSR count). The Morgan fingerprint density at radius 2 is 2.16 bits per heavy atom. The van der Waals surface area contributed by atoms with Crippen molar-refractivity contribution in [2.75, 3.05) is 19.7 Å². The quantitative estimate of drug-likeness (QED) is 0.832. The van der Waals surface area contributed by atoms with E-state index in [1.165, 1.54) is 0 Å². The summed E-state index contributed by atoms with van der Waals surface area (Å²) >= 11 is 0. The minimum absolute atomic E-state index is 0.00652. The highest BCUT2D eigenvalue weighted by Crippen LogP contribution is 2.26. The average molecular weight is 265 g/mol.